The molecule has 24 heavy (non-hydrogen) atoms. The number of sulfonamides is 1. The van der Waals surface area contributed by atoms with Gasteiger partial charge < -0.3 is 4.90 Å². The molecule has 1 saturated heterocycles. The Labute approximate surface area is 144 Å². The van der Waals surface area contributed by atoms with Crippen molar-refractivity contribution >= 4 is 10.0 Å². The number of hydrogen-bond acceptors (Lipinski definition) is 3. The molecule has 1 unspecified atom stereocenters. The van der Waals surface area contributed by atoms with E-state index >= 15 is 0 Å². The molecule has 1 aromatic heterocycles. The van der Waals surface area contributed by atoms with Crippen LogP contribution in [0.2, 0.25) is 0 Å². The zero-order chi connectivity index (χ0) is 17.3. The first-order chi connectivity index (χ1) is 11.4. The molecular formula is C17H28N3O3S+. The molecule has 2 fully saturated rings. The summed E-state index contributed by atoms with van der Waals surface area (Å²) in [6, 6.07) is 3.40. The first kappa shape index (κ1) is 17.6. The second-order valence-electron chi connectivity index (χ2n) is 7.32. The van der Waals surface area contributed by atoms with Gasteiger partial charge in [0.1, 0.15) is 0 Å². The molecule has 7 heteroatoms. The molecule has 0 amide bonds. The van der Waals surface area contributed by atoms with Gasteiger partial charge >= 0.3 is 0 Å². The maximum Gasteiger partial charge on any atom is 0.254 e. The van der Waals surface area contributed by atoms with Crippen molar-refractivity contribution in [2.45, 2.75) is 56.1 Å². The van der Waals surface area contributed by atoms with Gasteiger partial charge in [-0.25, -0.2) is 12.7 Å². The number of aromatic nitrogens is 1. The van der Waals surface area contributed by atoms with Crippen LogP contribution in [0.3, 0.4) is 0 Å². The van der Waals surface area contributed by atoms with Gasteiger partial charge in [0.2, 0.25) is 10.0 Å². The molecule has 1 N–H and O–H groups in total. The van der Waals surface area contributed by atoms with E-state index in [9.17, 15) is 13.2 Å². The number of quaternary nitrogens is 1. The van der Waals surface area contributed by atoms with E-state index in [0.717, 1.165) is 12.5 Å². The van der Waals surface area contributed by atoms with Crippen LogP contribution in [0.25, 0.3) is 0 Å². The molecule has 0 bridgehead atoms. The lowest BCUT2D eigenvalue weighted by Crippen LogP contribution is -3.17. The molecule has 0 spiro atoms. The van der Waals surface area contributed by atoms with E-state index < -0.39 is 10.0 Å². The van der Waals surface area contributed by atoms with Crippen LogP contribution >= 0.6 is 0 Å². The highest BCUT2D eigenvalue weighted by atomic mass is 32.2. The fourth-order valence-corrected chi connectivity index (χ4v) is 5.20. The largest absolute Gasteiger partial charge is 0.315 e. The number of rotatable bonds is 4. The van der Waals surface area contributed by atoms with Crippen LogP contribution in [0.5, 0.6) is 0 Å². The Kier molecular flexibility index (Phi) is 5.13. The monoisotopic (exact) mass is 354 g/mol. The third-order valence-electron chi connectivity index (χ3n) is 5.61. The van der Waals surface area contributed by atoms with Gasteiger partial charge in [-0.15, -0.1) is 0 Å². The topological polar surface area (TPSA) is 63.8 Å². The lowest BCUT2D eigenvalue weighted by Gasteiger charge is -2.41. The normalized spacial score (nSPS) is 27.9. The number of piperidine rings is 1. The summed E-state index contributed by atoms with van der Waals surface area (Å²) >= 11 is 0. The quantitative estimate of drug-likeness (QED) is 0.846. The SMILES string of the molecule is CN(C)S(=O)(=O)c1ccc(=O)n(C[NH+]2CCC[C@@H]3CCCC[C@@H]32)c1. The molecule has 134 valence electrons. The molecule has 3 atom stereocenters. The van der Waals surface area contributed by atoms with Gasteiger partial charge in [-0.3, -0.25) is 9.36 Å². The summed E-state index contributed by atoms with van der Waals surface area (Å²) in [4.78, 5) is 13.9. The van der Waals surface area contributed by atoms with Gasteiger partial charge in [0.25, 0.3) is 5.56 Å². The molecule has 2 aliphatic rings. The van der Waals surface area contributed by atoms with Gasteiger partial charge in [-0.05, 0) is 38.2 Å². The molecule has 1 aromatic rings. The number of fused-ring (bicyclic) bond motifs is 1. The number of hydrogen-bond donors (Lipinski definition) is 1. The van der Waals surface area contributed by atoms with Crippen molar-refractivity contribution < 1.29 is 13.3 Å². The van der Waals surface area contributed by atoms with E-state index in [1.54, 1.807) is 4.57 Å². The van der Waals surface area contributed by atoms with Gasteiger partial charge in [-0.1, -0.05) is 6.42 Å². The first-order valence-corrected chi connectivity index (χ1v) is 10.3. The molecular weight excluding hydrogens is 326 g/mol. The third kappa shape index (κ3) is 3.43. The molecule has 0 radical (unpaired) electrons. The molecule has 1 saturated carbocycles. The van der Waals surface area contributed by atoms with Crippen molar-refractivity contribution in [2.24, 2.45) is 5.92 Å². The second-order valence-corrected chi connectivity index (χ2v) is 9.47. The van der Waals surface area contributed by atoms with Crippen LogP contribution < -0.4 is 10.5 Å². The summed E-state index contributed by atoms with van der Waals surface area (Å²) in [6.45, 7) is 1.63. The van der Waals surface area contributed by atoms with E-state index in [-0.39, 0.29) is 10.5 Å². The summed E-state index contributed by atoms with van der Waals surface area (Å²) in [7, 11) is -0.502. The van der Waals surface area contributed by atoms with Crippen LogP contribution in [0.15, 0.2) is 28.0 Å². The number of pyridine rings is 1. The number of likely N-dealkylation sites (tertiary alicyclic amines) is 1. The minimum Gasteiger partial charge on any atom is -0.315 e. The van der Waals surface area contributed by atoms with Crippen molar-refractivity contribution in [2.75, 3.05) is 20.6 Å². The van der Waals surface area contributed by atoms with Gasteiger partial charge in [-0.2, -0.15) is 0 Å². The van der Waals surface area contributed by atoms with Crippen LogP contribution in [0, 0.1) is 5.92 Å². The smallest absolute Gasteiger partial charge is 0.254 e. The predicted octanol–water partition coefficient (Wildman–Crippen LogP) is 0.294. The van der Waals surface area contributed by atoms with Crippen molar-refractivity contribution in [1.82, 2.24) is 8.87 Å². The van der Waals surface area contributed by atoms with E-state index in [1.165, 1.54) is 80.2 Å². The third-order valence-corrected chi connectivity index (χ3v) is 7.41. The molecule has 2 heterocycles. The molecule has 3 rings (SSSR count). The fraction of sp³-hybridized carbons (Fsp3) is 0.706. The predicted molar refractivity (Wildman–Crippen MR) is 92.4 cm³/mol. The maximum atomic E-state index is 12.3. The Morgan fingerprint density at radius 3 is 2.62 bits per heavy atom. The molecule has 1 aliphatic heterocycles. The van der Waals surface area contributed by atoms with Gasteiger partial charge in [0, 0.05) is 32.3 Å². The standard InChI is InChI=1S/C17H27N3O3S/c1-18(2)24(22,23)15-9-10-17(21)20(12-15)13-19-11-5-7-14-6-3-4-8-16(14)19/h9-10,12,14,16H,3-8,11,13H2,1-2H3/p+1/t14-,16-/m0/s1. The summed E-state index contributed by atoms with van der Waals surface area (Å²) in [5.74, 6) is 0.770. The van der Waals surface area contributed by atoms with Gasteiger partial charge in [0.15, 0.2) is 6.67 Å². The van der Waals surface area contributed by atoms with E-state index in [2.05, 4.69) is 0 Å². The van der Waals surface area contributed by atoms with Crippen LogP contribution in [-0.2, 0) is 16.7 Å². The highest BCUT2D eigenvalue weighted by molar-refractivity contribution is 7.89. The number of nitrogens with zero attached hydrogens (tertiary/aromatic N) is 2. The maximum absolute atomic E-state index is 12.3. The van der Waals surface area contributed by atoms with Crippen LogP contribution in [-0.4, -0.2) is 44.0 Å². The first-order valence-electron chi connectivity index (χ1n) is 8.87. The van der Waals surface area contributed by atoms with Crippen molar-refractivity contribution in [1.29, 1.82) is 0 Å². The van der Waals surface area contributed by atoms with Gasteiger partial charge in [0.05, 0.1) is 17.5 Å². The average molecular weight is 354 g/mol. The second kappa shape index (κ2) is 6.98. The highest BCUT2D eigenvalue weighted by Crippen LogP contribution is 2.28. The minimum absolute atomic E-state index is 0.127. The highest BCUT2D eigenvalue weighted by Gasteiger charge is 2.36. The lowest BCUT2D eigenvalue weighted by atomic mass is 9.78. The van der Waals surface area contributed by atoms with Crippen molar-refractivity contribution in [3.8, 4) is 0 Å². The van der Waals surface area contributed by atoms with Crippen molar-refractivity contribution in [3.63, 3.8) is 0 Å². The van der Waals surface area contributed by atoms with Crippen molar-refractivity contribution in [3.05, 3.63) is 28.7 Å². The summed E-state index contributed by atoms with van der Waals surface area (Å²) in [6.07, 6.45) is 9.14. The minimum atomic E-state index is -3.52. The Hall–Kier alpha value is -1.18. The van der Waals surface area contributed by atoms with E-state index in [1.807, 2.05) is 0 Å². The van der Waals surface area contributed by atoms with E-state index in [0.29, 0.717) is 12.7 Å². The Morgan fingerprint density at radius 2 is 1.88 bits per heavy atom. The molecule has 6 nitrogen and oxygen atoms in total. The molecule has 0 aromatic carbocycles. The summed E-state index contributed by atoms with van der Waals surface area (Å²) in [5, 5.41) is 0. The fourth-order valence-electron chi connectivity index (χ4n) is 4.28. The summed E-state index contributed by atoms with van der Waals surface area (Å²) < 4.78 is 27.4. The zero-order valence-electron chi connectivity index (χ0n) is 14.6. The average Bonchev–Trinajstić information content (AvgIpc) is 2.57. The summed E-state index contributed by atoms with van der Waals surface area (Å²) in [5.41, 5.74) is -0.127. The number of nitrogens with one attached hydrogen (secondary N) is 1. The lowest BCUT2D eigenvalue weighted by molar-refractivity contribution is -0.957. The van der Waals surface area contributed by atoms with Crippen LogP contribution in [0.4, 0.5) is 0 Å². The van der Waals surface area contributed by atoms with E-state index in [4.69, 9.17) is 0 Å². The zero-order valence-corrected chi connectivity index (χ0v) is 15.4. The Bertz CT molecular complexity index is 740. The molecule has 1 aliphatic carbocycles. The van der Waals surface area contributed by atoms with Crippen LogP contribution in [0.1, 0.15) is 38.5 Å². The Balaban J connectivity index is 1.85. The Morgan fingerprint density at radius 1 is 1.17 bits per heavy atom.